The molecule has 2 aromatic carbocycles. The lowest BCUT2D eigenvalue weighted by Gasteiger charge is -2.26. The standard InChI is InChI=1S/C21H26N2O4S/c1-22(2)11-12-23-15-7-5-6-8-18(15)28-20(19(24)21(23)25)14-9-10-16(26-3)17(13-14)27-4/h5-10,13,19-20,24H,11-12H2,1-4H3. The Balaban J connectivity index is 2.01. The van der Waals surface area contributed by atoms with Crippen molar-refractivity contribution in [2.45, 2.75) is 16.2 Å². The van der Waals surface area contributed by atoms with Crippen LogP contribution in [0.25, 0.3) is 0 Å². The fourth-order valence-corrected chi connectivity index (χ4v) is 4.46. The number of thioether (sulfide) groups is 1. The second kappa shape index (κ2) is 8.86. The molecule has 7 heteroatoms. The van der Waals surface area contributed by atoms with Gasteiger partial charge in [-0.25, -0.2) is 0 Å². The number of benzene rings is 2. The monoisotopic (exact) mass is 402 g/mol. The minimum absolute atomic E-state index is 0.293. The number of anilines is 1. The first-order valence-electron chi connectivity index (χ1n) is 9.08. The lowest BCUT2D eigenvalue weighted by Crippen LogP contribution is -2.43. The van der Waals surface area contributed by atoms with E-state index < -0.39 is 11.4 Å². The summed E-state index contributed by atoms with van der Waals surface area (Å²) in [5.74, 6) is 0.889. The molecule has 6 nitrogen and oxygen atoms in total. The van der Waals surface area contributed by atoms with Crippen molar-refractivity contribution in [1.29, 1.82) is 0 Å². The number of methoxy groups -OCH3 is 2. The van der Waals surface area contributed by atoms with Crippen molar-refractivity contribution < 1.29 is 19.4 Å². The molecule has 1 aliphatic rings. The number of carbonyl (C=O) groups is 1. The number of fused-ring (bicyclic) bond motifs is 1. The quantitative estimate of drug-likeness (QED) is 0.802. The molecule has 0 radical (unpaired) electrons. The van der Waals surface area contributed by atoms with Crippen molar-refractivity contribution in [2.24, 2.45) is 0 Å². The van der Waals surface area contributed by atoms with Crippen LogP contribution in [0.3, 0.4) is 0 Å². The summed E-state index contributed by atoms with van der Waals surface area (Å²) in [5.41, 5.74) is 1.65. The lowest BCUT2D eigenvalue weighted by atomic mass is 10.1. The van der Waals surface area contributed by atoms with E-state index in [1.54, 1.807) is 25.2 Å². The van der Waals surface area contributed by atoms with Gasteiger partial charge in [-0.1, -0.05) is 18.2 Å². The van der Waals surface area contributed by atoms with Gasteiger partial charge in [-0.15, -0.1) is 11.8 Å². The number of aliphatic hydroxyl groups is 1. The fraction of sp³-hybridized carbons (Fsp3) is 0.381. The molecule has 0 saturated carbocycles. The van der Waals surface area contributed by atoms with E-state index >= 15 is 0 Å². The number of carbonyl (C=O) groups excluding carboxylic acids is 1. The zero-order valence-electron chi connectivity index (χ0n) is 16.6. The van der Waals surface area contributed by atoms with Crippen LogP contribution in [-0.2, 0) is 4.79 Å². The molecule has 0 saturated heterocycles. The zero-order valence-corrected chi connectivity index (χ0v) is 17.4. The maximum absolute atomic E-state index is 13.2. The summed E-state index contributed by atoms with van der Waals surface area (Å²) < 4.78 is 10.7. The van der Waals surface area contributed by atoms with Gasteiger partial charge in [0, 0.05) is 18.0 Å². The zero-order chi connectivity index (χ0) is 20.3. The van der Waals surface area contributed by atoms with Gasteiger partial charge in [0.25, 0.3) is 5.91 Å². The van der Waals surface area contributed by atoms with Gasteiger partial charge >= 0.3 is 0 Å². The molecule has 2 atom stereocenters. The summed E-state index contributed by atoms with van der Waals surface area (Å²) >= 11 is 1.49. The van der Waals surface area contributed by atoms with Crippen LogP contribution in [0, 0.1) is 0 Å². The third-order valence-corrected chi connectivity index (χ3v) is 6.11. The highest BCUT2D eigenvalue weighted by Gasteiger charge is 2.37. The average molecular weight is 403 g/mol. The Bertz CT molecular complexity index is 843. The Morgan fingerprint density at radius 1 is 1.11 bits per heavy atom. The molecule has 2 unspecified atom stereocenters. The Labute approximate surface area is 170 Å². The number of aliphatic hydroxyl groups excluding tert-OH is 1. The van der Waals surface area contributed by atoms with E-state index in [0.29, 0.717) is 24.6 Å². The van der Waals surface area contributed by atoms with Crippen LogP contribution in [0.5, 0.6) is 11.5 Å². The second-order valence-electron chi connectivity index (χ2n) is 6.86. The van der Waals surface area contributed by atoms with Gasteiger partial charge < -0.3 is 24.4 Å². The molecular formula is C21H26N2O4S. The number of nitrogens with zero attached hydrogens (tertiary/aromatic N) is 2. The predicted molar refractivity (Wildman–Crippen MR) is 111 cm³/mol. The maximum atomic E-state index is 13.2. The molecule has 0 spiro atoms. The molecule has 0 aliphatic carbocycles. The van der Waals surface area contributed by atoms with Gasteiger partial charge in [-0.05, 0) is 43.9 Å². The molecule has 1 amide bonds. The highest BCUT2D eigenvalue weighted by atomic mass is 32.2. The van der Waals surface area contributed by atoms with E-state index in [9.17, 15) is 9.90 Å². The van der Waals surface area contributed by atoms with Crippen LogP contribution < -0.4 is 14.4 Å². The first-order chi connectivity index (χ1) is 13.5. The molecule has 1 aliphatic heterocycles. The van der Waals surface area contributed by atoms with Gasteiger partial charge in [-0.3, -0.25) is 4.79 Å². The minimum Gasteiger partial charge on any atom is -0.493 e. The maximum Gasteiger partial charge on any atom is 0.257 e. The average Bonchev–Trinajstić information content (AvgIpc) is 2.81. The Morgan fingerprint density at radius 3 is 2.50 bits per heavy atom. The number of likely N-dealkylation sites (N-methyl/N-ethyl adjacent to an activating group) is 1. The number of hydrogen-bond donors (Lipinski definition) is 1. The molecule has 3 rings (SSSR count). The van der Waals surface area contributed by atoms with Gasteiger partial charge in [-0.2, -0.15) is 0 Å². The van der Waals surface area contributed by atoms with Crippen molar-refractivity contribution >= 4 is 23.4 Å². The predicted octanol–water partition coefficient (Wildman–Crippen LogP) is 2.81. The summed E-state index contributed by atoms with van der Waals surface area (Å²) in [6.07, 6.45) is -1.17. The smallest absolute Gasteiger partial charge is 0.257 e. The van der Waals surface area contributed by atoms with Crippen LogP contribution in [0.4, 0.5) is 5.69 Å². The number of hydrogen-bond acceptors (Lipinski definition) is 6. The molecule has 1 N–H and O–H groups in total. The van der Waals surface area contributed by atoms with Crippen LogP contribution >= 0.6 is 11.8 Å². The lowest BCUT2D eigenvalue weighted by molar-refractivity contribution is -0.126. The SMILES string of the molecule is COc1ccc(C2Sc3ccccc3N(CCN(C)C)C(=O)C2O)cc1OC. The van der Waals surface area contributed by atoms with Crippen molar-refractivity contribution in [3.8, 4) is 11.5 Å². The number of para-hydroxylation sites is 1. The Hall–Kier alpha value is -2.22. The molecule has 2 aromatic rings. The summed E-state index contributed by atoms with van der Waals surface area (Å²) in [7, 11) is 7.08. The van der Waals surface area contributed by atoms with Crippen molar-refractivity contribution in [1.82, 2.24) is 4.90 Å². The molecular weight excluding hydrogens is 376 g/mol. The Kier molecular flexibility index (Phi) is 6.49. The third-order valence-electron chi connectivity index (χ3n) is 4.72. The Morgan fingerprint density at radius 2 is 1.82 bits per heavy atom. The van der Waals surface area contributed by atoms with E-state index in [-0.39, 0.29) is 5.91 Å². The third kappa shape index (κ3) is 4.11. The van der Waals surface area contributed by atoms with E-state index in [1.807, 2.05) is 55.4 Å². The molecule has 0 fully saturated rings. The molecule has 28 heavy (non-hydrogen) atoms. The van der Waals surface area contributed by atoms with E-state index in [0.717, 1.165) is 16.1 Å². The summed E-state index contributed by atoms with van der Waals surface area (Å²) in [5, 5.41) is 10.5. The first-order valence-corrected chi connectivity index (χ1v) is 9.96. The van der Waals surface area contributed by atoms with Gasteiger partial charge in [0.05, 0.1) is 25.2 Å². The number of ether oxygens (including phenoxy) is 2. The molecule has 0 aromatic heterocycles. The molecule has 1 heterocycles. The van der Waals surface area contributed by atoms with Crippen molar-refractivity contribution in [2.75, 3.05) is 46.3 Å². The summed E-state index contributed by atoms with van der Waals surface area (Å²) in [6, 6.07) is 13.3. The highest BCUT2D eigenvalue weighted by molar-refractivity contribution is 7.99. The summed E-state index contributed by atoms with van der Waals surface area (Å²) in [4.78, 5) is 17.8. The fourth-order valence-electron chi connectivity index (χ4n) is 3.20. The van der Waals surface area contributed by atoms with E-state index in [4.69, 9.17) is 9.47 Å². The van der Waals surface area contributed by atoms with E-state index in [2.05, 4.69) is 0 Å². The largest absolute Gasteiger partial charge is 0.493 e. The minimum atomic E-state index is -1.17. The van der Waals surface area contributed by atoms with Crippen LogP contribution in [0.1, 0.15) is 10.8 Å². The topological polar surface area (TPSA) is 62.2 Å². The number of rotatable bonds is 6. The van der Waals surface area contributed by atoms with Gasteiger partial charge in [0.15, 0.2) is 11.5 Å². The molecule has 150 valence electrons. The normalized spacial score (nSPS) is 19.4. The van der Waals surface area contributed by atoms with Crippen molar-refractivity contribution in [3.63, 3.8) is 0 Å². The van der Waals surface area contributed by atoms with Crippen LogP contribution in [-0.4, -0.2) is 63.4 Å². The van der Waals surface area contributed by atoms with Gasteiger partial charge in [0.2, 0.25) is 0 Å². The number of amides is 1. The van der Waals surface area contributed by atoms with Crippen molar-refractivity contribution in [3.05, 3.63) is 48.0 Å². The van der Waals surface area contributed by atoms with E-state index in [1.165, 1.54) is 11.8 Å². The second-order valence-corrected chi connectivity index (χ2v) is 8.04. The van der Waals surface area contributed by atoms with Gasteiger partial charge in [0.1, 0.15) is 6.10 Å². The highest BCUT2D eigenvalue weighted by Crippen LogP contribution is 2.46. The summed E-state index contributed by atoms with van der Waals surface area (Å²) in [6.45, 7) is 1.22. The first kappa shape index (κ1) is 20.5. The van der Waals surface area contributed by atoms with Crippen LogP contribution in [0.2, 0.25) is 0 Å². The van der Waals surface area contributed by atoms with Crippen LogP contribution in [0.15, 0.2) is 47.4 Å². The molecule has 0 bridgehead atoms.